The topological polar surface area (TPSA) is 93.6 Å². The Hall–Kier alpha value is -2.78. The Morgan fingerprint density at radius 1 is 1.23 bits per heavy atom. The van der Waals surface area contributed by atoms with Gasteiger partial charge in [-0.15, -0.1) is 0 Å². The Bertz CT molecular complexity index is 811. The van der Waals surface area contributed by atoms with Crippen LogP contribution in [0.5, 0.6) is 11.5 Å². The van der Waals surface area contributed by atoms with Gasteiger partial charge in [0, 0.05) is 11.5 Å². The van der Waals surface area contributed by atoms with Crippen molar-refractivity contribution >= 4 is 22.7 Å². The third-order valence-corrected chi connectivity index (χ3v) is 3.64. The number of anilines is 1. The number of carbonyl (C=O) groups is 1. The van der Waals surface area contributed by atoms with Crippen LogP contribution in [0.1, 0.15) is 25.6 Å². The fourth-order valence-corrected chi connectivity index (χ4v) is 2.40. The van der Waals surface area contributed by atoms with E-state index in [0.29, 0.717) is 6.42 Å². The van der Waals surface area contributed by atoms with Crippen LogP contribution in [0, 0.1) is 0 Å². The van der Waals surface area contributed by atoms with Crippen LogP contribution in [0.4, 0.5) is 19.0 Å². The van der Waals surface area contributed by atoms with Crippen LogP contribution >= 0.6 is 0 Å². The van der Waals surface area contributed by atoms with Crippen molar-refractivity contribution in [2.45, 2.75) is 32.0 Å². The number of nitrogens with zero attached hydrogens (tertiary/aromatic N) is 2. The summed E-state index contributed by atoms with van der Waals surface area (Å²) in [6.45, 7) is 1.77. The van der Waals surface area contributed by atoms with Crippen LogP contribution < -0.4 is 14.8 Å². The molecule has 0 radical (unpaired) electrons. The fourth-order valence-electron chi connectivity index (χ4n) is 2.40. The van der Waals surface area contributed by atoms with Crippen molar-refractivity contribution < 1.29 is 32.5 Å². The Morgan fingerprint density at radius 2 is 1.85 bits per heavy atom. The van der Waals surface area contributed by atoms with E-state index < -0.39 is 24.0 Å². The predicted octanol–water partition coefficient (Wildman–Crippen LogP) is 3.33. The van der Waals surface area contributed by atoms with Crippen molar-refractivity contribution in [1.82, 2.24) is 9.97 Å². The van der Waals surface area contributed by atoms with Gasteiger partial charge in [0.25, 0.3) is 0 Å². The van der Waals surface area contributed by atoms with Crippen LogP contribution in [0.25, 0.3) is 10.9 Å². The molecule has 10 heteroatoms. The summed E-state index contributed by atoms with van der Waals surface area (Å²) in [4.78, 5) is 18.4. The minimum Gasteiger partial charge on any atom is -0.493 e. The van der Waals surface area contributed by atoms with Crippen molar-refractivity contribution in [2.24, 2.45) is 0 Å². The summed E-state index contributed by atoms with van der Waals surface area (Å²) in [6, 6.07) is 1.60. The lowest BCUT2D eigenvalue weighted by atomic mass is 10.1. The zero-order chi connectivity index (χ0) is 19.5. The number of alkyl halides is 3. The van der Waals surface area contributed by atoms with Crippen LogP contribution in [0.3, 0.4) is 0 Å². The second kappa shape index (κ2) is 7.63. The van der Waals surface area contributed by atoms with E-state index in [9.17, 15) is 23.1 Å². The van der Waals surface area contributed by atoms with Crippen LogP contribution in [0.15, 0.2) is 12.1 Å². The second-order valence-electron chi connectivity index (χ2n) is 5.44. The predicted molar refractivity (Wildman–Crippen MR) is 87.6 cm³/mol. The Labute approximate surface area is 147 Å². The highest BCUT2D eigenvalue weighted by atomic mass is 19.4. The molecule has 0 aliphatic rings. The SMILES string of the molecule is CCCC(Nc1nc(C(F)(F)F)nc2cc(OC)c(OC)cc12)C(=O)O. The Balaban J connectivity index is 2.69. The summed E-state index contributed by atoms with van der Waals surface area (Å²) in [7, 11) is 2.72. The Kier molecular flexibility index (Phi) is 5.73. The lowest BCUT2D eigenvalue weighted by molar-refractivity contribution is -0.144. The number of methoxy groups -OCH3 is 2. The maximum atomic E-state index is 13.1. The zero-order valence-electron chi connectivity index (χ0n) is 14.3. The lowest BCUT2D eigenvalue weighted by Crippen LogP contribution is -2.30. The van der Waals surface area contributed by atoms with Gasteiger partial charge < -0.3 is 19.9 Å². The van der Waals surface area contributed by atoms with Crippen LogP contribution in [0.2, 0.25) is 0 Å². The standard InChI is InChI=1S/C16H18F3N3O4/c1-4-5-9(14(23)24)20-13-8-6-11(25-2)12(26-3)7-10(8)21-15(22-13)16(17,18)19/h6-7,9H,4-5H2,1-3H3,(H,23,24)(H,20,21,22). The number of benzene rings is 1. The number of ether oxygens (including phenoxy) is 2. The van der Waals surface area contributed by atoms with E-state index in [1.165, 1.54) is 26.4 Å². The van der Waals surface area contributed by atoms with Crippen molar-refractivity contribution in [3.05, 3.63) is 18.0 Å². The van der Waals surface area contributed by atoms with Crippen LogP contribution in [-0.2, 0) is 11.0 Å². The monoisotopic (exact) mass is 373 g/mol. The zero-order valence-corrected chi connectivity index (χ0v) is 14.3. The molecule has 0 aliphatic carbocycles. The fraction of sp³-hybridized carbons (Fsp3) is 0.438. The molecule has 0 aliphatic heterocycles. The first-order valence-electron chi connectivity index (χ1n) is 7.71. The molecule has 0 amide bonds. The molecule has 142 valence electrons. The highest BCUT2D eigenvalue weighted by molar-refractivity contribution is 5.93. The smallest absolute Gasteiger partial charge is 0.451 e. The van der Waals surface area contributed by atoms with Gasteiger partial charge in [-0.2, -0.15) is 13.2 Å². The molecule has 2 aromatic rings. The van der Waals surface area contributed by atoms with Gasteiger partial charge in [0.15, 0.2) is 11.5 Å². The van der Waals surface area contributed by atoms with E-state index in [0.717, 1.165) is 0 Å². The van der Waals surface area contributed by atoms with E-state index in [2.05, 4.69) is 15.3 Å². The van der Waals surface area contributed by atoms with E-state index in [4.69, 9.17) is 9.47 Å². The molecular formula is C16H18F3N3O4. The quantitative estimate of drug-likeness (QED) is 0.769. The number of hydrogen-bond acceptors (Lipinski definition) is 6. The highest BCUT2D eigenvalue weighted by Crippen LogP contribution is 2.36. The third kappa shape index (κ3) is 4.06. The maximum absolute atomic E-state index is 13.1. The first-order valence-corrected chi connectivity index (χ1v) is 7.71. The molecule has 7 nitrogen and oxygen atoms in total. The summed E-state index contributed by atoms with van der Waals surface area (Å²) in [5.41, 5.74) is -0.0480. The summed E-state index contributed by atoms with van der Waals surface area (Å²) in [5, 5.41) is 12.0. The summed E-state index contributed by atoms with van der Waals surface area (Å²) in [6.07, 6.45) is -4.05. The molecule has 0 saturated heterocycles. The van der Waals surface area contributed by atoms with Gasteiger partial charge >= 0.3 is 12.1 Å². The largest absolute Gasteiger partial charge is 0.493 e. The average Bonchev–Trinajstić information content (AvgIpc) is 2.58. The van der Waals surface area contributed by atoms with E-state index in [-0.39, 0.29) is 34.6 Å². The Morgan fingerprint density at radius 3 is 2.35 bits per heavy atom. The van der Waals surface area contributed by atoms with E-state index in [1.807, 2.05) is 0 Å². The molecule has 2 N–H and O–H groups in total. The van der Waals surface area contributed by atoms with Crippen molar-refractivity contribution in [1.29, 1.82) is 0 Å². The molecular weight excluding hydrogens is 355 g/mol. The van der Waals surface area contributed by atoms with Gasteiger partial charge in [-0.3, -0.25) is 0 Å². The molecule has 1 unspecified atom stereocenters. The minimum atomic E-state index is -4.79. The number of halogens is 3. The molecule has 26 heavy (non-hydrogen) atoms. The molecule has 1 heterocycles. The number of fused-ring (bicyclic) bond motifs is 1. The molecule has 0 bridgehead atoms. The van der Waals surface area contributed by atoms with Crippen molar-refractivity contribution in [3.8, 4) is 11.5 Å². The highest BCUT2D eigenvalue weighted by Gasteiger charge is 2.36. The molecule has 2 rings (SSSR count). The first kappa shape index (κ1) is 19.5. The maximum Gasteiger partial charge on any atom is 0.451 e. The van der Waals surface area contributed by atoms with Crippen molar-refractivity contribution in [2.75, 3.05) is 19.5 Å². The van der Waals surface area contributed by atoms with Gasteiger partial charge in [0.1, 0.15) is 11.9 Å². The van der Waals surface area contributed by atoms with Gasteiger partial charge in [-0.25, -0.2) is 14.8 Å². The molecule has 1 aromatic carbocycles. The number of hydrogen-bond donors (Lipinski definition) is 2. The number of nitrogens with one attached hydrogen (secondary N) is 1. The van der Waals surface area contributed by atoms with Gasteiger partial charge in [0.05, 0.1) is 19.7 Å². The summed E-state index contributed by atoms with van der Waals surface area (Å²) < 4.78 is 49.7. The first-order chi connectivity index (χ1) is 12.2. The number of rotatable bonds is 7. The van der Waals surface area contributed by atoms with Gasteiger partial charge in [-0.05, 0) is 12.5 Å². The molecule has 0 fully saturated rings. The van der Waals surface area contributed by atoms with Gasteiger partial charge in [0.2, 0.25) is 5.82 Å². The summed E-state index contributed by atoms with van der Waals surface area (Å²) >= 11 is 0. The number of carboxylic acid groups (broad SMARTS) is 1. The number of aromatic nitrogens is 2. The number of carboxylic acids is 1. The average molecular weight is 373 g/mol. The number of aliphatic carboxylic acids is 1. The second-order valence-corrected chi connectivity index (χ2v) is 5.44. The molecule has 0 saturated carbocycles. The van der Waals surface area contributed by atoms with Crippen molar-refractivity contribution in [3.63, 3.8) is 0 Å². The molecule has 0 spiro atoms. The molecule has 1 aromatic heterocycles. The lowest BCUT2D eigenvalue weighted by Gasteiger charge is -2.18. The summed E-state index contributed by atoms with van der Waals surface area (Å²) in [5.74, 6) is -2.34. The van der Waals surface area contributed by atoms with Crippen LogP contribution in [-0.4, -0.2) is 41.3 Å². The van der Waals surface area contributed by atoms with E-state index >= 15 is 0 Å². The third-order valence-electron chi connectivity index (χ3n) is 3.64. The molecule has 1 atom stereocenters. The minimum absolute atomic E-state index is 0.0480. The van der Waals surface area contributed by atoms with Gasteiger partial charge in [-0.1, -0.05) is 13.3 Å². The normalized spacial score (nSPS) is 12.7. The van der Waals surface area contributed by atoms with E-state index in [1.54, 1.807) is 6.92 Å².